The second kappa shape index (κ2) is 5.93. The minimum atomic E-state index is -0.158. The highest BCUT2D eigenvalue weighted by Crippen LogP contribution is 2.31. The first-order valence-corrected chi connectivity index (χ1v) is 7.84. The molecule has 2 heterocycles. The highest BCUT2D eigenvalue weighted by atomic mass is 16.5. The van der Waals surface area contributed by atoms with Crippen LogP contribution in [0.5, 0.6) is 0 Å². The van der Waals surface area contributed by atoms with Gasteiger partial charge >= 0.3 is 0 Å². The second-order valence-corrected chi connectivity index (χ2v) is 7.23. The monoisotopic (exact) mass is 291 g/mol. The molecule has 21 heavy (non-hydrogen) atoms. The van der Waals surface area contributed by atoms with Crippen LogP contribution in [0.25, 0.3) is 0 Å². The van der Waals surface area contributed by atoms with E-state index in [1.807, 2.05) is 0 Å². The number of hydrogen-bond donors (Lipinski definition) is 1. The SMILES string of the molecule is CCNCc1cc(C)nc(N2CC(C)(C)OC(C)(C)C2)c1. The Morgan fingerprint density at radius 3 is 2.38 bits per heavy atom. The third kappa shape index (κ3) is 4.42. The lowest BCUT2D eigenvalue weighted by Gasteiger charge is -2.47. The van der Waals surface area contributed by atoms with Gasteiger partial charge in [-0.2, -0.15) is 0 Å². The van der Waals surface area contributed by atoms with Gasteiger partial charge in [0.05, 0.1) is 11.2 Å². The van der Waals surface area contributed by atoms with Crippen LogP contribution >= 0.6 is 0 Å². The van der Waals surface area contributed by atoms with Crippen LogP contribution in [0.3, 0.4) is 0 Å². The van der Waals surface area contributed by atoms with E-state index in [2.05, 4.69) is 63.9 Å². The molecule has 4 heteroatoms. The number of pyridine rings is 1. The number of nitrogens with one attached hydrogen (secondary N) is 1. The Labute approximate surface area is 128 Å². The fraction of sp³-hybridized carbons (Fsp3) is 0.706. The van der Waals surface area contributed by atoms with E-state index >= 15 is 0 Å². The number of aryl methyl sites for hydroxylation is 1. The average Bonchev–Trinajstić information content (AvgIpc) is 2.32. The van der Waals surface area contributed by atoms with Gasteiger partial charge in [-0.15, -0.1) is 0 Å². The van der Waals surface area contributed by atoms with Crippen molar-refractivity contribution in [3.63, 3.8) is 0 Å². The Balaban J connectivity index is 2.26. The average molecular weight is 291 g/mol. The third-order valence-electron chi connectivity index (χ3n) is 3.60. The van der Waals surface area contributed by atoms with Gasteiger partial charge in [0.2, 0.25) is 0 Å². The van der Waals surface area contributed by atoms with Gasteiger partial charge in [0.1, 0.15) is 5.82 Å². The van der Waals surface area contributed by atoms with Crippen molar-refractivity contribution >= 4 is 5.82 Å². The lowest BCUT2D eigenvalue weighted by molar-refractivity contribution is -0.133. The Kier molecular flexibility index (Phi) is 4.59. The van der Waals surface area contributed by atoms with Gasteiger partial charge in [-0.1, -0.05) is 6.92 Å². The first-order chi connectivity index (χ1) is 9.71. The molecule has 1 aromatic heterocycles. The summed E-state index contributed by atoms with van der Waals surface area (Å²) in [5, 5.41) is 3.38. The van der Waals surface area contributed by atoms with Crippen LogP contribution in [0.1, 0.15) is 45.9 Å². The highest BCUT2D eigenvalue weighted by Gasteiger charge is 2.38. The standard InChI is InChI=1S/C17H29N3O/c1-7-18-10-14-8-13(2)19-15(9-14)20-11-16(3,4)21-17(5,6)12-20/h8-9,18H,7,10-12H2,1-6H3. The van der Waals surface area contributed by atoms with E-state index in [-0.39, 0.29) is 11.2 Å². The summed E-state index contributed by atoms with van der Waals surface area (Å²) in [4.78, 5) is 7.09. The normalized spacial score (nSPS) is 20.6. The first-order valence-electron chi connectivity index (χ1n) is 7.84. The quantitative estimate of drug-likeness (QED) is 0.925. The maximum atomic E-state index is 6.16. The summed E-state index contributed by atoms with van der Waals surface area (Å²) in [5.74, 6) is 1.06. The topological polar surface area (TPSA) is 37.4 Å². The molecule has 0 aliphatic carbocycles. The second-order valence-electron chi connectivity index (χ2n) is 7.23. The summed E-state index contributed by atoms with van der Waals surface area (Å²) in [6.07, 6.45) is 0. The van der Waals surface area contributed by atoms with E-state index in [9.17, 15) is 0 Å². The molecular formula is C17H29N3O. The van der Waals surface area contributed by atoms with Crippen LogP contribution < -0.4 is 10.2 Å². The van der Waals surface area contributed by atoms with Crippen molar-refractivity contribution in [3.05, 3.63) is 23.4 Å². The van der Waals surface area contributed by atoms with E-state index in [0.717, 1.165) is 37.7 Å². The summed E-state index contributed by atoms with van der Waals surface area (Å²) >= 11 is 0. The summed E-state index contributed by atoms with van der Waals surface area (Å²) < 4.78 is 6.16. The van der Waals surface area contributed by atoms with Crippen LogP contribution in [0.2, 0.25) is 0 Å². The molecule has 0 radical (unpaired) electrons. The molecule has 0 bridgehead atoms. The number of ether oxygens (including phenoxy) is 1. The molecule has 1 aromatic rings. The van der Waals surface area contributed by atoms with E-state index in [1.54, 1.807) is 0 Å². The predicted octanol–water partition coefficient (Wildman–Crippen LogP) is 2.89. The summed E-state index contributed by atoms with van der Waals surface area (Å²) in [5.41, 5.74) is 2.05. The maximum absolute atomic E-state index is 6.16. The van der Waals surface area contributed by atoms with Gasteiger partial charge in [0.25, 0.3) is 0 Å². The van der Waals surface area contributed by atoms with Crippen molar-refractivity contribution < 1.29 is 4.74 Å². The third-order valence-corrected chi connectivity index (χ3v) is 3.60. The van der Waals surface area contributed by atoms with Gasteiger partial charge in [-0.3, -0.25) is 0 Å². The molecule has 1 saturated heterocycles. The largest absolute Gasteiger partial charge is 0.366 e. The zero-order valence-electron chi connectivity index (χ0n) is 14.3. The summed E-state index contributed by atoms with van der Waals surface area (Å²) in [6, 6.07) is 4.36. The molecule has 1 N–H and O–H groups in total. The lowest BCUT2D eigenvalue weighted by Crippen LogP contribution is -2.57. The van der Waals surface area contributed by atoms with E-state index in [0.29, 0.717) is 0 Å². The smallest absolute Gasteiger partial charge is 0.129 e. The molecule has 1 fully saturated rings. The molecule has 0 amide bonds. The van der Waals surface area contributed by atoms with Crippen LogP contribution in [0.4, 0.5) is 5.82 Å². The number of morpholine rings is 1. The van der Waals surface area contributed by atoms with Gasteiger partial charge in [0, 0.05) is 25.3 Å². The van der Waals surface area contributed by atoms with Gasteiger partial charge in [0.15, 0.2) is 0 Å². The van der Waals surface area contributed by atoms with Gasteiger partial charge in [-0.25, -0.2) is 4.98 Å². The summed E-state index contributed by atoms with van der Waals surface area (Å²) in [6.45, 7) is 16.4. The molecule has 0 spiro atoms. The maximum Gasteiger partial charge on any atom is 0.129 e. The molecule has 2 rings (SSSR count). The Bertz CT molecular complexity index is 481. The number of anilines is 1. The fourth-order valence-corrected chi connectivity index (χ4v) is 3.20. The fourth-order valence-electron chi connectivity index (χ4n) is 3.20. The minimum Gasteiger partial charge on any atom is -0.366 e. The van der Waals surface area contributed by atoms with Gasteiger partial charge in [-0.05, 0) is 58.9 Å². The molecule has 0 unspecified atom stereocenters. The number of hydrogen-bond acceptors (Lipinski definition) is 4. The van der Waals surface area contributed by atoms with Crippen LogP contribution in [-0.4, -0.2) is 35.8 Å². The van der Waals surface area contributed by atoms with Crippen LogP contribution in [-0.2, 0) is 11.3 Å². The zero-order valence-corrected chi connectivity index (χ0v) is 14.3. The molecular weight excluding hydrogens is 262 g/mol. The first kappa shape index (κ1) is 16.2. The zero-order chi connectivity index (χ0) is 15.7. The van der Waals surface area contributed by atoms with Crippen molar-refractivity contribution in [2.75, 3.05) is 24.5 Å². The molecule has 0 aromatic carbocycles. The number of aromatic nitrogens is 1. The molecule has 4 nitrogen and oxygen atoms in total. The van der Waals surface area contributed by atoms with Crippen molar-refractivity contribution in [3.8, 4) is 0 Å². The number of nitrogens with zero attached hydrogens (tertiary/aromatic N) is 2. The minimum absolute atomic E-state index is 0.158. The van der Waals surface area contributed by atoms with E-state index in [1.165, 1.54) is 5.56 Å². The van der Waals surface area contributed by atoms with Crippen molar-refractivity contribution in [1.29, 1.82) is 0 Å². The molecule has 118 valence electrons. The van der Waals surface area contributed by atoms with Crippen LogP contribution in [0, 0.1) is 6.92 Å². The predicted molar refractivity (Wildman–Crippen MR) is 87.8 cm³/mol. The molecule has 1 aliphatic rings. The van der Waals surface area contributed by atoms with Crippen molar-refractivity contribution in [2.24, 2.45) is 0 Å². The Morgan fingerprint density at radius 2 is 1.81 bits per heavy atom. The van der Waals surface area contributed by atoms with Gasteiger partial charge < -0.3 is 15.0 Å². The highest BCUT2D eigenvalue weighted by molar-refractivity contribution is 5.44. The molecule has 0 saturated carbocycles. The number of rotatable bonds is 4. The molecule has 0 atom stereocenters. The van der Waals surface area contributed by atoms with E-state index in [4.69, 9.17) is 9.72 Å². The van der Waals surface area contributed by atoms with Crippen molar-refractivity contribution in [2.45, 2.75) is 59.3 Å². The Hall–Kier alpha value is -1.13. The molecule has 1 aliphatic heterocycles. The lowest BCUT2D eigenvalue weighted by atomic mass is 9.99. The van der Waals surface area contributed by atoms with E-state index < -0.39 is 0 Å². The summed E-state index contributed by atoms with van der Waals surface area (Å²) in [7, 11) is 0. The van der Waals surface area contributed by atoms with Crippen molar-refractivity contribution in [1.82, 2.24) is 10.3 Å². The van der Waals surface area contributed by atoms with Crippen LogP contribution in [0.15, 0.2) is 12.1 Å². The Morgan fingerprint density at radius 1 is 1.19 bits per heavy atom.